The number of furan rings is 1. The van der Waals surface area contributed by atoms with Gasteiger partial charge in [-0.05, 0) is 55.7 Å². The Balaban J connectivity index is 1.40. The second-order valence-corrected chi connectivity index (χ2v) is 6.41. The quantitative estimate of drug-likeness (QED) is 0.852. The highest BCUT2D eigenvalue weighted by molar-refractivity contribution is 5.92. The summed E-state index contributed by atoms with van der Waals surface area (Å²) >= 11 is 0. The Morgan fingerprint density at radius 1 is 1.20 bits per heavy atom. The van der Waals surface area contributed by atoms with Crippen LogP contribution in [0.15, 0.2) is 40.8 Å². The number of hydrogen-bond acceptors (Lipinski definition) is 4. The van der Waals surface area contributed by atoms with Gasteiger partial charge in [0.25, 0.3) is 5.91 Å². The number of carbonyl (C=O) groups is 1. The normalized spacial score (nSPS) is 22.7. The molecule has 1 amide bonds. The topological polar surface area (TPSA) is 51.9 Å². The molecule has 2 fully saturated rings. The van der Waals surface area contributed by atoms with Gasteiger partial charge in [-0.15, -0.1) is 0 Å². The standard InChI is InChI=1S/C19H20FNO4/c20-13-4-6-14(7-5-13)24-12-15-8-9-18(25-15)19(22)21-10-11-23-17-3-1-2-16(17)21/h4-9,16-17H,1-3,10-12H2/t16-,17-/m0/s1. The summed E-state index contributed by atoms with van der Waals surface area (Å²) in [5.74, 6) is 1.03. The maximum Gasteiger partial charge on any atom is 0.289 e. The van der Waals surface area contributed by atoms with Crippen molar-refractivity contribution in [1.29, 1.82) is 0 Å². The molecule has 132 valence electrons. The fourth-order valence-electron chi connectivity index (χ4n) is 3.58. The Morgan fingerprint density at radius 3 is 2.88 bits per heavy atom. The molecule has 6 heteroatoms. The summed E-state index contributed by atoms with van der Waals surface area (Å²) in [6.07, 6.45) is 3.25. The van der Waals surface area contributed by atoms with E-state index in [0.717, 1.165) is 19.3 Å². The first-order chi connectivity index (χ1) is 12.2. The van der Waals surface area contributed by atoms with Gasteiger partial charge in [0.15, 0.2) is 5.76 Å². The smallest absolute Gasteiger partial charge is 0.289 e. The van der Waals surface area contributed by atoms with Crippen molar-refractivity contribution in [1.82, 2.24) is 4.90 Å². The molecule has 0 N–H and O–H groups in total. The first kappa shape index (κ1) is 16.1. The molecule has 2 aromatic rings. The van der Waals surface area contributed by atoms with Gasteiger partial charge < -0.3 is 18.8 Å². The van der Waals surface area contributed by atoms with E-state index in [-0.39, 0.29) is 30.5 Å². The molecular formula is C19H20FNO4. The van der Waals surface area contributed by atoms with Gasteiger partial charge in [0.2, 0.25) is 0 Å². The molecule has 1 aromatic heterocycles. The molecule has 25 heavy (non-hydrogen) atoms. The SMILES string of the molecule is O=C(c1ccc(COc2ccc(F)cc2)o1)N1CCO[C@H]2CCC[C@@H]21. The van der Waals surface area contributed by atoms with Crippen LogP contribution in [0.1, 0.15) is 35.6 Å². The highest BCUT2D eigenvalue weighted by Gasteiger charge is 2.39. The predicted octanol–water partition coefficient (Wildman–Crippen LogP) is 3.39. The monoisotopic (exact) mass is 345 g/mol. The Morgan fingerprint density at radius 2 is 2.04 bits per heavy atom. The van der Waals surface area contributed by atoms with E-state index in [9.17, 15) is 9.18 Å². The summed E-state index contributed by atoms with van der Waals surface area (Å²) in [7, 11) is 0. The lowest BCUT2D eigenvalue weighted by Crippen LogP contribution is -2.51. The maximum absolute atomic E-state index is 12.9. The average Bonchev–Trinajstić information content (AvgIpc) is 3.29. The summed E-state index contributed by atoms with van der Waals surface area (Å²) < 4.78 is 29.8. The second-order valence-electron chi connectivity index (χ2n) is 6.41. The zero-order valence-corrected chi connectivity index (χ0v) is 13.8. The second kappa shape index (κ2) is 6.88. The third kappa shape index (κ3) is 3.39. The van der Waals surface area contributed by atoms with Crippen LogP contribution in [0.3, 0.4) is 0 Å². The van der Waals surface area contributed by atoms with Gasteiger partial charge in [0, 0.05) is 6.54 Å². The third-order valence-electron chi connectivity index (χ3n) is 4.81. The Labute approximate surface area is 145 Å². The van der Waals surface area contributed by atoms with E-state index in [4.69, 9.17) is 13.9 Å². The van der Waals surface area contributed by atoms with Gasteiger partial charge in [0.1, 0.15) is 23.9 Å². The molecule has 4 rings (SSSR count). The van der Waals surface area contributed by atoms with Crippen LogP contribution in [0, 0.1) is 5.82 Å². The number of carbonyl (C=O) groups excluding carboxylic acids is 1. The minimum absolute atomic E-state index is 0.0896. The van der Waals surface area contributed by atoms with E-state index >= 15 is 0 Å². The molecule has 5 nitrogen and oxygen atoms in total. The lowest BCUT2D eigenvalue weighted by molar-refractivity contribution is -0.0454. The minimum atomic E-state index is -0.311. The van der Waals surface area contributed by atoms with Crippen LogP contribution < -0.4 is 4.74 Å². The fourth-order valence-corrected chi connectivity index (χ4v) is 3.58. The van der Waals surface area contributed by atoms with Crippen LogP contribution in [0.4, 0.5) is 4.39 Å². The van der Waals surface area contributed by atoms with Crippen LogP contribution in [-0.4, -0.2) is 36.1 Å². The molecule has 0 bridgehead atoms. The Kier molecular flexibility index (Phi) is 4.44. The van der Waals surface area contributed by atoms with Crippen molar-refractivity contribution < 1.29 is 23.1 Å². The van der Waals surface area contributed by atoms with Crippen molar-refractivity contribution in [2.75, 3.05) is 13.2 Å². The van der Waals surface area contributed by atoms with Crippen molar-refractivity contribution in [3.05, 3.63) is 53.7 Å². The molecule has 0 radical (unpaired) electrons. The third-order valence-corrected chi connectivity index (χ3v) is 4.81. The number of nitrogens with zero attached hydrogens (tertiary/aromatic N) is 1. The number of amides is 1. The van der Waals surface area contributed by atoms with E-state index in [1.54, 1.807) is 24.3 Å². The number of benzene rings is 1. The highest BCUT2D eigenvalue weighted by atomic mass is 19.1. The first-order valence-corrected chi connectivity index (χ1v) is 8.60. The number of rotatable bonds is 4. The molecule has 0 spiro atoms. The average molecular weight is 345 g/mol. The molecule has 2 aliphatic rings. The van der Waals surface area contributed by atoms with Crippen molar-refractivity contribution in [3.8, 4) is 5.75 Å². The van der Waals surface area contributed by atoms with Crippen molar-refractivity contribution in [3.63, 3.8) is 0 Å². The Hall–Kier alpha value is -2.34. The molecule has 1 saturated heterocycles. The first-order valence-electron chi connectivity index (χ1n) is 8.60. The van der Waals surface area contributed by atoms with Gasteiger partial charge in [-0.1, -0.05) is 0 Å². The van der Waals surface area contributed by atoms with E-state index in [1.807, 2.05) is 4.90 Å². The Bertz CT molecular complexity index is 742. The molecule has 1 aliphatic heterocycles. The van der Waals surface area contributed by atoms with E-state index in [0.29, 0.717) is 30.4 Å². The van der Waals surface area contributed by atoms with Gasteiger partial charge in [0.05, 0.1) is 18.8 Å². The number of ether oxygens (including phenoxy) is 2. The molecule has 1 aromatic carbocycles. The zero-order chi connectivity index (χ0) is 17.2. The molecule has 1 aliphatic carbocycles. The molecule has 1 saturated carbocycles. The van der Waals surface area contributed by atoms with Gasteiger partial charge in [-0.2, -0.15) is 0 Å². The largest absolute Gasteiger partial charge is 0.486 e. The summed E-state index contributed by atoms with van der Waals surface area (Å²) in [5.41, 5.74) is 0. The molecule has 0 unspecified atom stereocenters. The fraction of sp³-hybridized carbons (Fsp3) is 0.421. The lowest BCUT2D eigenvalue weighted by atomic mass is 10.1. The van der Waals surface area contributed by atoms with Crippen LogP contribution in [0.25, 0.3) is 0 Å². The van der Waals surface area contributed by atoms with Gasteiger partial charge in [-0.25, -0.2) is 4.39 Å². The zero-order valence-electron chi connectivity index (χ0n) is 13.8. The predicted molar refractivity (Wildman–Crippen MR) is 87.9 cm³/mol. The van der Waals surface area contributed by atoms with E-state index in [2.05, 4.69) is 0 Å². The summed E-state index contributed by atoms with van der Waals surface area (Å²) in [6, 6.07) is 9.36. The number of halogens is 1. The number of morpholine rings is 1. The van der Waals surface area contributed by atoms with E-state index < -0.39 is 0 Å². The van der Waals surface area contributed by atoms with Crippen LogP contribution in [0.2, 0.25) is 0 Å². The minimum Gasteiger partial charge on any atom is -0.486 e. The van der Waals surface area contributed by atoms with Crippen molar-refractivity contribution in [2.24, 2.45) is 0 Å². The van der Waals surface area contributed by atoms with Gasteiger partial charge in [-0.3, -0.25) is 4.79 Å². The van der Waals surface area contributed by atoms with Crippen LogP contribution in [-0.2, 0) is 11.3 Å². The van der Waals surface area contributed by atoms with Crippen molar-refractivity contribution in [2.45, 2.75) is 38.0 Å². The lowest BCUT2D eigenvalue weighted by Gasteiger charge is -2.37. The summed E-state index contributed by atoms with van der Waals surface area (Å²) in [5, 5.41) is 0. The van der Waals surface area contributed by atoms with Crippen LogP contribution >= 0.6 is 0 Å². The number of fused-ring (bicyclic) bond motifs is 1. The van der Waals surface area contributed by atoms with Crippen molar-refractivity contribution >= 4 is 5.91 Å². The molecule has 2 heterocycles. The summed E-state index contributed by atoms with van der Waals surface area (Å²) in [4.78, 5) is 14.6. The van der Waals surface area contributed by atoms with E-state index in [1.165, 1.54) is 12.1 Å². The molecule has 2 atom stereocenters. The number of hydrogen-bond donors (Lipinski definition) is 0. The highest BCUT2D eigenvalue weighted by Crippen LogP contribution is 2.31. The summed E-state index contributed by atoms with van der Waals surface area (Å²) in [6.45, 7) is 1.37. The maximum atomic E-state index is 12.9. The van der Waals surface area contributed by atoms with Gasteiger partial charge >= 0.3 is 0 Å². The molecular weight excluding hydrogens is 325 g/mol. The van der Waals surface area contributed by atoms with Crippen LogP contribution in [0.5, 0.6) is 5.75 Å².